The molecule has 3 rings (SSSR count). The molecule has 0 saturated carbocycles. The lowest BCUT2D eigenvalue weighted by atomic mass is 9.94. The molecule has 2 aromatic rings. The average molecular weight is 286 g/mol. The molecule has 0 bridgehead atoms. The normalized spacial score (nSPS) is 16.7. The number of para-hydroxylation sites is 1. The summed E-state index contributed by atoms with van der Waals surface area (Å²) in [7, 11) is 0. The Morgan fingerprint density at radius 2 is 2.14 bits per heavy atom. The molecule has 4 heteroatoms. The number of fused-ring (bicyclic) bond motifs is 1. The Hall–Kier alpha value is -2.36. The van der Waals surface area contributed by atoms with E-state index < -0.39 is 5.82 Å². The average Bonchev–Trinajstić information content (AvgIpc) is 2.53. The number of carbonyl (C=O) groups is 1. The third kappa shape index (κ3) is 2.89. The van der Waals surface area contributed by atoms with Crippen LogP contribution < -0.4 is 9.47 Å². The van der Waals surface area contributed by atoms with Crippen LogP contribution in [0.25, 0.3) is 0 Å². The Morgan fingerprint density at radius 3 is 3.00 bits per heavy atom. The number of hydrogen-bond donors (Lipinski definition) is 0. The van der Waals surface area contributed by atoms with Crippen molar-refractivity contribution < 1.29 is 18.7 Å². The molecule has 0 spiro atoms. The minimum Gasteiger partial charge on any atom is -0.493 e. The second kappa shape index (κ2) is 5.95. The second-order valence-electron chi connectivity index (χ2n) is 4.98. The highest BCUT2D eigenvalue weighted by molar-refractivity contribution is 5.79. The molecular weight excluding hydrogens is 271 g/mol. The van der Waals surface area contributed by atoms with E-state index in [0.29, 0.717) is 25.2 Å². The Balaban J connectivity index is 1.76. The second-order valence-corrected chi connectivity index (χ2v) is 4.98. The largest absolute Gasteiger partial charge is 0.493 e. The van der Waals surface area contributed by atoms with Crippen molar-refractivity contribution in [1.82, 2.24) is 0 Å². The molecule has 0 fully saturated rings. The highest BCUT2D eigenvalue weighted by Crippen LogP contribution is 2.34. The van der Waals surface area contributed by atoms with Crippen molar-refractivity contribution in [3.8, 4) is 11.5 Å². The van der Waals surface area contributed by atoms with Crippen LogP contribution in [0.4, 0.5) is 4.39 Å². The predicted octanol–water partition coefficient (Wildman–Crippen LogP) is 3.58. The van der Waals surface area contributed by atoms with E-state index in [4.69, 9.17) is 9.47 Å². The van der Waals surface area contributed by atoms with Crippen LogP contribution in [0.15, 0.2) is 42.5 Å². The van der Waals surface area contributed by atoms with Crippen molar-refractivity contribution in [2.45, 2.75) is 12.3 Å². The van der Waals surface area contributed by atoms with Crippen molar-refractivity contribution in [2.75, 3.05) is 13.2 Å². The van der Waals surface area contributed by atoms with E-state index in [0.717, 1.165) is 17.7 Å². The number of carbonyl (C=O) groups excluding carboxylic acids is 1. The van der Waals surface area contributed by atoms with Gasteiger partial charge < -0.3 is 9.47 Å². The summed E-state index contributed by atoms with van der Waals surface area (Å²) < 4.78 is 24.4. The first kappa shape index (κ1) is 13.6. The van der Waals surface area contributed by atoms with E-state index in [1.165, 1.54) is 18.2 Å². The van der Waals surface area contributed by atoms with Gasteiger partial charge in [-0.2, -0.15) is 0 Å². The van der Waals surface area contributed by atoms with Crippen LogP contribution in [0, 0.1) is 5.82 Å². The SMILES string of the molecule is O=Cc1cc(F)ccc1OCC1CCOc2ccccc21. The van der Waals surface area contributed by atoms with Crippen molar-refractivity contribution in [3.63, 3.8) is 0 Å². The maximum Gasteiger partial charge on any atom is 0.153 e. The van der Waals surface area contributed by atoms with Gasteiger partial charge in [-0.05, 0) is 30.7 Å². The van der Waals surface area contributed by atoms with E-state index in [9.17, 15) is 9.18 Å². The number of halogens is 1. The lowest BCUT2D eigenvalue weighted by Gasteiger charge is -2.26. The maximum atomic E-state index is 13.1. The summed E-state index contributed by atoms with van der Waals surface area (Å²) in [5.74, 6) is 1.06. The Bertz CT molecular complexity index is 654. The summed E-state index contributed by atoms with van der Waals surface area (Å²) in [4.78, 5) is 11.0. The molecule has 1 aliphatic heterocycles. The molecular formula is C17H15FO3. The summed E-state index contributed by atoms with van der Waals surface area (Å²) in [5.41, 5.74) is 1.34. The number of rotatable bonds is 4. The third-order valence-corrected chi connectivity index (χ3v) is 3.62. The molecule has 1 unspecified atom stereocenters. The summed E-state index contributed by atoms with van der Waals surface area (Å²) >= 11 is 0. The fourth-order valence-corrected chi connectivity index (χ4v) is 2.52. The number of aldehydes is 1. The van der Waals surface area contributed by atoms with Gasteiger partial charge in [0.2, 0.25) is 0 Å². The highest BCUT2D eigenvalue weighted by atomic mass is 19.1. The Morgan fingerprint density at radius 1 is 1.29 bits per heavy atom. The topological polar surface area (TPSA) is 35.5 Å². The van der Waals surface area contributed by atoms with Crippen molar-refractivity contribution in [2.24, 2.45) is 0 Å². The van der Waals surface area contributed by atoms with Gasteiger partial charge >= 0.3 is 0 Å². The molecule has 2 aromatic carbocycles. The van der Waals surface area contributed by atoms with Crippen LogP contribution >= 0.6 is 0 Å². The van der Waals surface area contributed by atoms with E-state index in [2.05, 4.69) is 0 Å². The zero-order chi connectivity index (χ0) is 14.7. The molecule has 0 amide bonds. The van der Waals surface area contributed by atoms with Crippen LogP contribution in [0.3, 0.4) is 0 Å². The van der Waals surface area contributed by atoms with Gasteiger partial charge in [-0.15, -0.1) is 0 Å². The van der Waals surface area contributed by atoms with Crippen molar-refractivity contribution >= 4 is 6.29 Å². The zero-order valence-electron chi connectivity index (χ0n) is 11.4. The third-order valence-electron chi connectivity index (χ3n) is 3.62. The Kier molecular flexibility index (Phi) is 3.86. The van der Waals surface area contributed by atoms with E-state index >= 15 is 0 Å². The summed E-state index contributed by atoms with van der Waals surface area (Å²) in [5, 5.41) is 0. The monoisotopic (exact) mass is 286 g/mol. The molecule has 21 heavy (non-hydrogen) atoms. The van der Waals surface area contributed by atoms with Gasteiger partial charge in [0.25, 0.3) is 0 Å². The van der Waals surface area contributed by atoms with E-state index in [-0.39, 0.29) is 11.5 Å². The van der Waals surface area contributed by atoms with Gasteiger partial charge in [0.15, 0.2) is 6.29 Å². The molecule has 1 atom stereocenters. The van der Waals surface area contributed by atoms with Gasteiger partial charge in [0.05, 0.1) is 18.8 Å². The van der Waals surface area contributed by atoms with E-state index in [1.807, 2.05) is 24.3 Å². The zero-order valence-corrected chi connectivity index (χ0v) is 11.4. The molecule has 0 saturated heterocycles. The maximum absolute atomic E-state index is 13.1. The molecule has 3 nitrogen and oxygen atoms in total. The molecule has 0 radical (unpaired) electrons. The first-order valence-corrected chi connectivity index (χ1v) is 6.87. The van der Waals surface area contributed by atoms with Gasteiger partial charge in [0.1, 0.15) is 17.3 Å². The standard InChI is InChI=1S/C17H15FO3/c18-14-5-6-16(13(9-14)10-19)21-11-12-7-8-20-17-4-2-1-3-15(12)17/h1-6,9-10,12H,7-8,11H2. The van der Waals surface area contributed by atoms with Gasteiger partial charge in [-0.25, -0.2) is 4.39 Å². The molecule has 0 aliphatic carbocycles. The first-order chi connectivity index (χ1) is 10.3. The van der Waals surface area contributed by atoms with E-state index in [1.54, 1.807) is 0 Å². The molecule has 1 heterocycles. The minimum atomic E-state index is -0.444. The minimum absolute atomic E-state index is 0.208. The smallest absolute Gasteiger partial charge is 0.153 e. The van der Waals surface area contributed by atoms with Crippen molar-refractivity contribution in [3.05, 3.63) is 59.4 Å². The summed E-state index contributed by atoms with van der Waals surface area (Å²) in [6.07, 6.45) is 1.46. The molecule has 0 aromatic heterocycles. The summed E-state index contributed by atoms with van der Waals surface area (Å²) in [6.45, 7) is 1.09. The lowest BCUT2D eigenvalue weighted by Crippen LogP contribution is -2.19. The van der Waals surface area contributed by atoms with Crippen LogP contribution in [0.1, 0.15) is 28.3 Å². The highest BCUT2D eigenvalue weighted by Gasteiger charge is 2.22. The fourth-order valence-electron chi connectivity index (χ4n) is 2.52. The van der Waals surface area contributed by atoms with Crippen molar-refractivity contribution in [1.29, 1.82) is 0 Å². The van der Waals surface area contributed by atoms with Crippen LogP contribution in [0.5, 0.6) is 11.5 Å². The summed E-state index contributed by atoms with van der Waals surface area (Å²) in [6, 6.07) is 11.8. The van der Waals surface area contributed by atoms with Gasteiger partial charge in [0, 0.05) is 11.5 Å². The Labute approximate surface area is 122 Å². The van der Waals surface area contributed by atoms with Gasteiger partial charge in [-0.3, -0.25) is 4.79 Å². The number of benzene rings is 2. The first-order valence-electron chi connectivity index (χ1n) is 6.87. The fraction of sp³-hybridized carbons (Fsp3) is 0.235. The number of hydrogen-bond acceptors (Lipinski definition) is 3. The van der Waals surface area contributed by atoms with Gasteiger partial charge in [-0.1, -0.05) is 18.2 Å². The molecule has 0 N–H and O–H groups in total. The quantitative estimate of drug-likeness (QED) is 0.806. The lowest BCUT2D eigenvalue weighted by molar-refractivity contribution is 0.111. The van der Waals surface area contributed by atoms with Crippen LogP contribution in [-0.4, -0.2) is 19.5 Å². The van der Waals surface area contributed by atoms with Crippen LogP contribution in [0.2, 0.25) is 0 Å². The molecule has 1 aliphatic rings. The molecule has 108 valence electrons. The predicted molar refractivity (Wildman–Crippen MR) is 76.6 cm³/mol. The van der Waals surface area contributed by atoms with Crippen LogP contribution in [-0.2, 0) is 0 Å². The number of ether oxygens (including phenoxy) is 2.